The van der Waals surface area contributed by atoms with E-state index in [-0.39, 0.29) is 37.3 Å². The van der Waals surface area contributed by atoms with Crippen LogP contribution in [0.2, 0.25) is 10.2 Å². The van der Waals surface area contributed by atoms with Gasteiger partial charge in [-0.25, -0.2) is 4.98 Å². The van der Waals surface area contributed by atoms with E-state index in [0.29, 0.717) is 45.8 Å². The summed E-state index contributed by atoms with van der Waals surface area (Å²) in [7, 11) is 0. The number of aliphatic hydroxyl groups is 2. The Hall–Kier alpha value is -3.97. The molecule has 1 aromatic heterocycles. The van der Waals surface area contributed by atoms with Crippen LogP contribution in [-0.2, 0) is 19.7 Å². The number of rotatable bonds is 10. The molecular formula is C42H42Cl2F2N4O5. The van der Waals surface area contributed by atoms with Crippen LogP contribution in [0.5, 0.6) is 0 Å². The topological polar surface area (TPSA) is 124 Å². The molecule has 288 valence electrons. The number of carbonyl (C=O) groups is 2. The summed E-state index contributed by atoms with van der Waals surface area (Å²) in [5.41, 5.74) is -1.90. The van der Waals surface area contributed by atoms with Crippen molar-refractivity contribution in [3.63, 3.8) is 0 Å². The van der Waals surface area contributed by atoms with Crippen molar-refractivity contribution in [1.82, 2.24) is 15.2 Å². The third-order valence-electron chi connectivity index (χ3n) is 12.4. The first kappa shape index (κ1) is 37.9. The normalized spacial score (nSPS) is 27.6. The molecule has 1 aliphatic carbocycles. The van der Waals surface area contributed by atoms with Crippen molar-refractivity contribution >= 4 is 40.7 Å². The van der Waals surface area contributed by atoms with Crippen LogP contribution in [0, 0.1) is 5.41 Å². The highest BCUT2D eigenvalue weighted by Crippen LogP contribution is 2.74. The number of carbonyl (C=O) groups excluding carboxylic acids is 2. The zero-order valence-electron chi connectivity index (χ0n) is 29.9. The van der Waals surface area contributed by atoms with E-state index >= 15 is 18.4 Å². The van der Waals surface area contributed by atoms with Gasteiger partial charge in [-0.2, -0.15) is 0 Å². The lowest BCUT2D eigenvalue weighted by molar-refractivity contribution is -0.166. The van der Waals surface area contributed by atoms with Gasteiger partial charge in [-0.3, -0.25) is 23.3 Å². The minimum atomic E-state index is -1.65. The molecule has 55 heavy (non-hydrogen) atoms. The number of aliphatic hydroxyl groups excluding tert-OH is 2. The Morgan fingerprint density at radius 1 is 0.982 bits per heavy atom. The van der Waals surface area contributed by atoms with Gasteiger partial charge in [-0.1, -0.05) is 89.9 Å². The summed E-state index contributed by atoms with van der Waals surface area (Å²) in [4.78, 5) is 37.0. The number of nitrogens with zero attached hydrogens (tertiary/aromatic N) is 2. The van der Waals surface area contributed by atoms with Gasteiger partial charge in [0, 0.05) is 33.8 Å². The van der Waals surface area contributed by atoms with Crippen molar-refractivity contribution < 1.29 is 33.3 Å². The summed E-state index contributed by atoms with van der Waals surface area (Å²) in [5.74, 6) is -1.93. The van der Waals surface area contributed by atoms with Crippen LogP contribution < -0.4 is 10.6 Å². The van der Waals surface area contributed by atoms with Gasteiger partial charge in [-0.15, -0.1) is 0 Å². The minimum absolute atomic E-state index is 0.129. The molecule has 0 unspecified atom stereocenters. The first-order chi connectivity index (χ1) is 26.6. The number of ether oxygens (including phenoxy) is 1. The number of benzene rings is 3. The van der Waals surface area contributed by atoms with Crippen LogP contribution in [0.3, 0.4) is 0 Å². The molecule has 4 N–H and O–H groups in total. The molecule has 3 aliphatic heterocycles. The first-order valence-corrected chi connectivity index (χ1v) is 19.3. The Kier molecular flexibility index (Phi) is 10.2. The SMILES string of the molecule is O=C(N[C@@H]1CC[C@@H](CO)OC1)[C@H]1[C@H](c2ccnc(Cl)c2)[C@@]2(C(=O)Nc3cc(Cl)ccc32)C2(CC(CF)(CF)C2)N1[C@H](c1ccccc1)[C@@H](O)c1ccccc1. The van der Waals surface area contributed by atoms with Gasteiger partial charge in [0.05, 0.1) is 56.9 Å². The van der Waals surface area contributed by atoms with Crippen LogP contribution >= 0.6 is 23.2 Å². The van der Waals surface area contributed by atoms with E-state index in [4.69, 9.17) is 27.9 Å². The quantitative estimate of drug-likeness (QED) is 0.133. The average Bonchev–Trinajstić information content (AvgIpc) is 3.63. The molecular weight excluding hydrogens is 749 g/mol. The van der Waals surface area contributed by atoms with E-state index in [1.807, 2.05) is 53.4 Å². The van der Waals surface area contributed by atoms with Gasteiger partial charge in [0.1, 0.15) is 10.6 Å². The number of halogens is 4. The van der Waals surface area contributed by atoms with Gasteiger partial charge < -0.3 is 25.6 Å². The number of alkyl halides is 2. The Balaban J connectivity index is 1.43. The first-order valence-electron chi connectivity index (χ1n) is 18.6. The summed E-state index contributed by atoms with van der Waals surface area (Å²) in [6.07, 6.45) is 0.641. The van der Waals surface area contributed by atoms with E-state index in [1.54, 1.807) is 42.5 Å². The summed E-state index contributed by atoms with van der Waals surface area (Å²) >= 11 is 13.1. The number of hydrogen-bond donors (Lipinski definition) is 4. The molecule has 13 heteroatoms. The number of amides is 2. The van der Waals surface area contributed by atoms with Gasteiger partial charge in [0.25, 0.3) is 0 Å². The molecule has 7 atom stereocenters. The number of nitrogens with one attached hydrogen (secondary N) is 2. The summed E-state index contributed by atoms with van der Waals surface area (Å²) in [6.45, 7) is -1.98. The summed E-state index contributed by atoms with van der Waals surface area (Å²) < 4.78 is 36.4. The summed E-state index contributed by atoms with van der Waals surface area (Å²) in [5, 5.41) is 29.2. The molecule has 2 saturated heterocycles. The van der Waals surface area contributed by atoms with E-state index in [9.17, 15) is 10.2 Å². The molecule has 8 rings (SSSR count). The molecule has 0 bridgehead atoms. The molecule has 2 spiro atoms. The van der Waals surface area contributed by atoms with Crippen molar-refractivity contribution in [1.29, 1.82) is 0 Å². The Bertz CT molecular complexity index is 2040. The second-order valence-corrected chi connectivity index (χ2v) is 16.3. The second kappa shape index (κ2) is 14.8. The predicted molar refractivity (Wildman–Crippen MR) is 204 cm³/mol. The number of pyridine rings is 1. The van der Waals surface area contributed by atoms with Gasteiger partial charge in [0.15, 0.2) is 0 Å². The van der Waals surface area contributed by atoms with Crippen molar-refractivity contribution in [3.8, 4) is 0 Å². The second-order valence-electron chi connectivity index (χ2n) is 15.5. The van der Waals surface area contributed by atoms with Crippen LogP contribution in [0.4, 0.5) is 14.5 Å². The summed E-state index contributed by atoms with van der Waals surface area (Å²) in [6, 6.07) is 24.0. The molecule has 1 saturated carbocycles. The highest BCUT2D eigenvalue weighted by Gasteiger charge is 2.81. The molecule has 4 heterocycles. The molecule has 4 aliphatic rings. The molecule has 4 aromatic rings. The number of aromatic nitrogens is 1. The van der Waals surface area contributed by atoms with Crippen LogP contribution in [0.15, 0.2) is 97.2 Å². The number of anilines is 1. The largest absolute Gasteiger partial charge is 0.394 e. The van der Waals surface area contributed by atoms with E-state index in [1.165, 1.54) is 6.20 Å². The Labute approximate surface area is 328 Å². The van der Waals surface area contributed by atoms with E-state index in [0.717, 1.165) is 0 Å². The Morgan fingerprint density at radius 2 is 1.67 bits per heavy atom. The van der Waals surface area contributed by atoms with Gasteiger partial charge >= 0.3 is 0 Å². The lowest BCUT2D eigenvalue weighted by Crippen LogP contribution is -2.72. The van der Waals surface area contributed by atoms with Gasteiger partial charge in [-0.05, 0) is 72.2 Å². The highest BCUT2D eigenvalue weighted by molar-refractivity contribution is 6.31. The zero-order valence-corrected chi connectivity index (χ0v) is 31.4. The number of fused-ring (bicyclic) bond motifs is 3. The third kappa shape index (κ3) is 6.06. The monoisotopic (exact) mass is 790 g/mol. The van der Waals surface area contributed by atoms with Crippen molar-refractivity contribution in [2.45, 2.75) is 72.9 Å². The van der Waals surface area contributed by atoms with E-state index < -0.39 is 71.7 Å². The maximum Gasteiger partial charge on any atom is 0.238 e. The van der Waals surface area contributed by atoms with Crippen molar-refractivity contribution in [3.05, 3.63) is 130 Å². The standard InChI is InChI=1S/C42H42Cl2F2N4O5/c43-28-11-14-31-32(18-28)49-39(54)42(31)34(27-15-16-47-33(44)17-27)36(38(53)48-29-12-13-30(19-51)55-20-29)50(41(42)21-40(22-41,23-45)24-46)35(25-7-3-1-4-8-25)37(52)26-9-5-2-6-10-26/h1-11,14-18,29-30,34-37,51-52H,12-13,19-24H2,(H,48,53)(H,49,54)/t29-,30+,34+,35-,36-,37+,42+/m1/s1. The fourth-order valence-corrected chi connectivity index (χ4v) is 10.6. The Morgan fingerprint density at radius 3 is 2.29 bits per heavy atom. The third-order valence-corrected chi connectivity index (χ3v) is 12.8. The molecule has 0 radical (unpaired) electrons. The highest BCUT2D eigenvalue weighted by atomic mass is 35.5. The van der Waals surface area contributed by atoms with Crippen LogP contribution in [0.25, 0.3) is 0 Å². The minimum Gasteiger partial charge on any atom is -0.394 e. The average molecular weight is 792 g/mol. The molecule has 3 aromatic carbocycles. The molecule has 2 amide bonds. The zero-order chi connectivity index (χ0) is 38.5. The predicted octanol–water partition coefficient (Wildman–Crippen LogP) is 6.64. The maximum absolute atomic E-state index is 15.5. The molecule has 9 nitrogen and oxygen atoms in total. The van der Waals surface area contributed by atoms with Crippen LogP contribution in [-0.4, -0.2) is 82.2 Å². The fraction of sp³-hybridized carbons (Fsp3) is 0.405. The lowest BCUT2D eigenvalue weighted by Gasteiger charge is -2.63. The van der Waals surface area contributed by atoms with Gasteiger partial charge in [0.2, 0.25) is 11.8 Å². The van der Waals surface area contributed by atoms with Crippen LogP contribution in [0.1, 0.15) is 66.0 Å². The lowest BCUT2D eigenvalue weighted by atomic mass is 9.45. The van der Waals surface area contributed by atoms with Crippen molar-refractivity contribution in [2.75, 3.05) is 31.9 Å². The number of likely N-dealkylation sites (tertiary alicyclic amines) is 1. The van der Waals surface area contributed by atoms with Crippen molar-refractivity contribution in [2.24, 2.45) is 5.41 Å². The van der Waals surface area contributed by atoms with E-state index in [2.05, 4.69) is 15.6 Å². The number of hydrogen-bond acceptors (Lipinski definition) is 7. The maximum atomic E-state index is 15.5. The smallest absolute Gasteiger partial charge is 0.238 e. The molecule has 3 fully saturated rings. The fourth-order valence-electron chi connectivity index (χ4n) is 10.2.